The van der Waals surface area contributed by atoms with Crippen LogP contribution in [0.2, 0.25) is 0 Å². The third-order valence-corrected chi connectivity index (χ3v) is 9.69. The summed E-state index contributed by atoms with van der Waals surface area (Å²) in [6, 6.07) is 19.9. The van der Waals surface area contributed by atoms with Crippen LogP contribution in [0.15, 0.2) is 60.7 Å². The second-order valence-electron chi connectivity index (χ2n) is 10.1. The van der Waals surface area contributed by atoms with E-state index < -0.39 is 26.7 Å². The molecule has 5 atom stereocenters. The van der Waals surface area contributed by atoms with Gasteiger partial charge in [0.25, 0.3) is 0 Å². The molecule has 1 aliphatic carbocycles. The van der Waals surface area contributed by atoms with Crippen LogP contribution in [0.25, 0.3) is 0 Å². The molecule has 5 heteroatoms. The van der Waals surface area contributed by atoms with Gasteiger partial charge < -0.3 is 14.6 Å². The molecule has 2 aromatic rings. The van der Waals surface area contributed by atoms with Crippen LogP contribution < -0.4 is 10.4 Å². The number of aliphatic carboxylic acids is 1. The zero-order chi connectivity index (χ0) is 22.8. The normalized spacial score (nSPS) is 29.1. The lowest BCUT2D eigenvalue weighted by atomic mass is 9.55. The number of aliphatic hydroxyl groups is 1. The van der Waals surface area contributed by atoms with Crippen molar-refractivity contribution in [2.45, 2.75) is 59.2 Å². The maximum Gasteiger partial charge on any atom is 0.335 e. The highest BCUT2D eigenvalue weighted by molar-refractivity contribution is 6.80. The van der Waals surface area contributed by atoms with Gasteiger partial charge in [0, 0.05) is 12.3 Å². The Bertz CT molecular complexity index is 824. The van der Waals surface area contributed by atoms with E-state index in [4.69, 9.17) is 4.43 Å². The molecular weight excluding hydrogens is 404 g/mol. The molecule has 168 valence electrons. The van der Waals surface area contributed by atoms with E-state index in [-0.39, 0.29) is 29.6 Å². The van der Waals surface area contributed by atoms with Crippen LogP contribution in [-0.2, 0) is 9.22 Å². The first-order valence-electron chi connectivity index (χ1n) is 11.3. The second-order valence-corrected chi connectivity index (χ2v) is 12.4. The van der Waals surface area contributed by atoms with Crippen molar-refractivity contribution in [3.8, 4) is 0 Å². The van der Waals surface area contributed by atoms with Crippen molar-refractivity contribution >= 4 is 25.4 Å². The molecule has 31 heavy (non-hydrogen) atoms. The summed E-state index contributed by atoms with van der Waals surface area (Å²) >= 11 is 0. The first-order valence-corrected chi connectivity index (χ1v) is 12.9. The third-order valence-electron chi connectivity index (χ3n) is 7.05. The van der Waals surface area contributed by atoms with E-state index in [9.17, 15) is 15.0 Å². The Morgan fingerprint density at radius 3 is 1.94 bits per heavy atom. The van der Waals surface area contributed by atoms with Crippen LogP contribution in [0.3, 0.4) is 0 Å². The molecule has 0 radical (unpaired) electrons. The smallest absolute Gasteiger partial charge is 0.335 e. The Morgan fingerprint density at radius 1 is 1.06 bits per heavy atom. The summed E-state index contributed by atoms with van der Waals surface area (Å²) < 4.78 is 6.84. The summed E-state index contributed by atoms with van der Waals surface area (Å²) in [5.74, 6) is -1.11. The zero-order valence-corrected chi connectivity index (χ0v) is 20.4. The third kappa shape index (κ3) is 4.64. The monoisotopic (exact) mass is 440 g/mol. The molecule has 2 aromatic carbocycles. The lowest BCUT2D eigenvalue weighted by molar-refractivity contribution is -0.189. The van der Waals surface area contributed by atoms with Crippen LogP contribution in [0.1, 0.15) is 47.5 Å². The molecule has 4 nitrogen and oxygen atoms in total. The van der Waals surface area contributed by atoms with Crippen molar-refractivity contribution in [3.05, 3.63) is 60.7 Å². The summed E-state index contributed by atoms with van der Waals surface area (Å²) in [5.41, 5.74) is -1.57. The zero-order valence-electron chi connectivity index (χ0n) is 19.3. The Morgan fingerprint density at radius 2 is 1.55 bits per heavy atom. The van der Waals surface area contributed by atoms with Gasteiger partial charge in [-0.1, -0.05) is 95.3 Å². The van der Waals surface area contributed by atoms with Gasteiger partial charge in [-0.2, -0.15) is 0 Å². The quantitative estimate of drug-likeness (QED) is 0.675. The number of carboxylic acids is 1. The maximum absolute atomic E-state index is 13.0. The summed E-state index contributed by atoms with van der Waals surface area (Å²) in [6.07, 6.45) is 0.0950. The van der Waals surface area contributed by atoms with Gasteiger partial charge in [0.15, 0.2) is 5.60 Å². The molecular formula is C26H36O4Si. The highest BCUT2D eigenvalue weighted by Crippen LogP contribution is 2.52. The van der Waals surface area contributed by atoms with E-state index in [2.05, 4.69) is 34.6 Å². The fourth-order valence-corrected chi connectivity index (χ4v) is 8.34. The summed E-state index contributed by atoms with van der Waals surface area (Å²) in [4.78, 5) is 13.0. The van der Waals surface area contributed by atoms with Crippen LogP contribution >= 0.6 is 0 Å². The molecule has 0 amide bonds. The van der Waals surface area contributed by atoms with Crippen molar-refractivity contribution < 1.29 is 19.4 Å². The Hall–Kier alpha value is -1.95. The lowest BCUT2D eigenvalue weighted by Crippen LogP contribution is -2.65. The Balaban J connectivity index is 2.14. The van der Waals surface area contributed by atoms with Gasteiger partial charge in [-0.25, -0.2) is 4.79 Å². The van der Waals surface area contributed by atoms with Crippen LogP contribution in [0.5, 0.6) is 0 Å². The molecule has 1 fully saturated rings. The predicted octanol–water partition coefficient (Wildman–Crippen LogP) is 3.45. The first kappa shape index (κ1) is 23.7. The van der Waals surface area contributed by atoms with E-state index >= 15 is 0 Å². The van der Waals surface area contributed by atoms with Crippen molar-refractivity contribution in [1.82, 2.24) is 0 Å². The van der Waals surface area contributed by atoms with Gasteiger partial charge >= 0.3 is 5.97 Å². The van der Waals surface area contributed by atoms with Gasteiger partial charge in [-0.05, 0) is 34.0 Å². The molecule has 1 aliphatic rings. The van der Waals surface area contributed by atoms with Crippen LogP contribution in [0.4, 0.5) is 0 Å². The molecule has 2 N–H and O–H groups in total. The fourth-order valence-electron chi connectivity index (χ4n) is 5.75. The molecule has 0 bridgehead atoms. The number of aliphatic hydroxyl groups excluding tert-OH is 1. The van der Waals surface area contributed by atoms with Crippen molar-refractivity contribution in [3.63, 3.8) is 0 Å². The fraction of sp³-hybridized carbons (Fsp3) is 0.500. The molecule has 0 aromatic heterocycles. The van der Waals surface area contributed by atoms with Gasteiger partial charge in [0.1, 0.15) is 0 Å². The standard InChI is InChI=1S/C26H36O4Si/c1-6-21-23(25(3,4)5)18(2)22(27)17-26(21,24(28)29)30-31(19-13-9-7-10-14-19)20-15-11-8-12-16-20/h7-16,18,21-23,27,31H,6,17H2,1-5H3,(H,28,29)/t18-,21?,22-,23-,26-/m0/s1. The highest BCUT2D eigenvalue weighted by Gasteiger charge is 2.59. The lowest BCUT2D eigenvalue weighted by Gasteiger charge is -2.55. The first-order chi connectivity index (χ1) is 14.6. The second kappa shape index (κ2) is 9.27. The summed E-state index contributed by atoms with van der Waals surface area (Å²) in [7, 11) is -2.32. The minimum absolute atomic E-state index is 0.00888. The van der Waals surface area contributed by atoms with E-state index in [0.29, 0.717) is 6.42 Å². The van der Waals surface area contributed by atoms with Gasteiger partial charge in [-0.15, -0.1) is 0 Å². The highest BCUT2D eigenvalue weighted by atomic mass is 28.3. The van der Waals surface area contributed by atoms with Gasteiger partial charge in [-0.3, -0.25) is 0 Å². The number of carbonyl (C=O) groups is 1. The number of hydrogen-bond donors (Lipinski definition) is 2. The van der Waals surface area contributed by atoms with E-state index in [0.717, 1.165) is 10.4 Å². The molecule has 0 aliphatic heterocycles. The molecule has 0 heterocycles. The average molecular weight is 441 g/mol. The largest absolute Gasteiger partial charge is 0.479 e. The predicted molar refractivity (Wildman–Crippen MR) is 127 cm³/mol. The molecule has 0 saturated heterocycles. The van der Waals surface area contributed by atoms with Crippen molar-refractivity contribution in [1.29, 1.82) is 0 Å². The van der Waals surface area contributed by atoms with Gasteiger partial charge in [0.05, 0.1) is 6.10 Å². The van der Waals surface area contributed by atoms with E-state index in [1.165, 1.54) is 0 Å². The Kier molecular flexibility index (Phi) is 7.09. The molecule has 1 saturated carbocycles. The number of carboxylic acid groups (broad SMARTS) is 1. The maximum atomic E-state index is 13.0. The van der Waals surface area contributed by atoms with E-state index in [1.54, 1.807) is 0 Å². The van der Waals surface area contributed by atoms with Crippen LogP contribution in [-0.4, -0.2) is 36.9 Å². The number of rotatable bonds is 6. The number of benzene rings is 2. The Labute approximate surface area is 188 Å². The molecule has 3 rings (SSSR count). The minimum atomic E-state index is -2.32. The van der Waals surface area contributed by atoms with Crippen molar-refractivity contribution in [2.24, 2.45) is 23.2 Å². The van der Waals surface area contributed by atoms with Crippen LogP contribution in [0, 0.1) is 23.2 Å². The summed E-state index contributed by atoms with van der Waals surface area (Å²) in [5, 5.41) is 23.7. The van der Waals surface area contributed by atoms with Gasteiger partial charge in [0.2, 0.25) is 9.04 Å². The number of hydrogen-bond acceptors (Lipinski definition) is 3. The molecule has 0 spiro atoms. The minimum Gasteiger partial charge on any atom is -0.479 e. The van der Waals surface area contributed by atoms with Crippen molar-refractivity contribution in [2.75, 3.05) is 0 Å². The molecule has 1 unspecified atom stereocenters. The topological polar surface area (TPSA) is 66.8 Å². The average Bonchev–Trinajstić information content (AvgIpc) is 2.74. The summed E-state index contributed by atoms with van der Waals surface area (Å²) in [6.45, 7) is 10.5. The van der Waals surface area contributed by atoms with E-state index in [1.807, 2.05) is 60.7 Å². The SMILES string of the molecule is CCC1[C@@H](C(C)(C)C)[C@@H](C)[C@@H](O)C[C@@]1(O[SiH](c1ccccc1)c1ccccc1)C(=O)O.